The maximum absolute atomic E-state index is 13.7. The third-order valence-corrected chi connectivity index (χ3v) is 8.48. The molecule has 4 N–H and O–H groups in total. The Morgan fingerprint density at radius 1 is 1.05 bits per heavy atom. The van der Waals surface area contributed by atoms with Crippen LogP contribution in [0, 0.1) is 12.3 Å². The van der Waals surface area contributed by atoms with Crippen molar-refractivity contribution in [3.05, 3.63) is 41.0 Å². The van der Waals surface area contributed by atoms with Crippen LogP contribution in [0.4, 0.5) is 0 Å². The van der Waals surface area contributed by atoms with Gasteiger partial charge in [0.05, 0.1) is 22.2 Å². The number of aliphatic carboxylic acids is 1. The van der Waals surface area contributed by atoms with Gasteiger partial charge in [0.2, 0.25) is 17.7 Å². The van der Waals surface area contributed by atoms with Gasteiger partial charge >= 0.3 is 5.97 Å². The van der Waals surface area contributed by atoms with E-state index in [1.807, 2.05) is 57.5 Å². The van der Waals surface area contributed by atoms with Gasteiger partial charge in [-0.25, -0.2) is 4.98 Å². The number of aliphatic hydroxyl groups excluding tert-OH is 1. The topological polar surface area (TPSA) is 149 Å². The van der Waals surface area contributed by atoms with Gasteiger partial charge in [-0.15, -0.1) is 11.3 Å². The van der Waals surface area contributed by atoms with E-state index >= 15 is 0 Å². The molecule has 0 radical (unpaired) electrons. The second kappa shape index (κ2) is 15.2. The third-order valence-electron chi connectivity index (χ3n) is 7.51. The van der Waals surface area contributed by atoms with Crippen LogP contribution in [-0.2, 0) is 25.7 Å². The fourth-order valence-corrected chi connectivity index (χ4v) is 5.92. The van der Waals surface area contributed by atoms with Gasteiger partial charge in [0.1, 0.15) is 12.1 Å². The lowest BCUT2D eigenvalue weighted by Gasteiger charge is -2.35. The van der Waals surface area contributed by atoms with Crippen LogP contribution in [0.25, 0.3) is 10.4 Å². The molecule has 2 aromatic rings. The number of hydrogen-bond donors (Lipinski definition) is 4. The van der Waals surface area contributed by atoms with E-state index in [2.05, 4.69) is 15.6 Å². The van der Waals surface area contributed by atoms with Crippen molar-refractivity contribution >= 4 is 35.0 Å². The number of aromatic nitrogens is 1. The highest BCUT2D eigenvalue weighted by molar-refractivity contribution is 7.13. The summed E-state index contributed by atoms with van der Waals surface area (Å²) >= 11 is 1.58. The Hall–Kier alpha value is -3.31. The molecule has 3 amide bonds. The quantitative estimate of drug-likeness (QED) is 0.239. The predicted molar refractivity (Wildman–Crippen MR) is 162 cm³/mol. The number of carbonyl (C=O) groups is 4. The van der Waals surface area contributed by atoms with Crippen molar-refractivity contribution in [2.75, 3.05) is 6.54 Å². The van der Waals surface area contributed by atoms with Crippen molar-refractivity contribution in [3.8, 4) is 10.4 Å². The number of nitrogens with one attached hydrogen (secondary N) is 2. The van der Waals surface area contributed by atoms with Gasteiger partial charge in [0.25, 0.3) is 0 Å². The lowest BCUT2D eigenvalue weighted by molar-refractivity contribution is -0.144. The molecule has 2 heterocycles. The molecule has 3 atom stereocenters. The van der Waals surface area contributed by atoms with Crippen molar-refractivity contribution in [2.45, 2.75) is 104 Å². The Bertz CT molecular complexity index is 1220. The fourth-order valence-electron chi connectivity index (χ4n) is 5.11. The number of thiazole rings is 1. The second-order valence-corrected chi connectivity index (χ2v) is 13.0. The van der Waals surface area contributed by atoms with Gasteiger partial charge in [0, 0.05) is 32.4 Å². The summed E-state index contributed by atoms with van der Waals surface area (Å²) in [5, 5.41) is 24.9. The monoisotopic (exact) mass is 600 g/mol. The van der Waals surface area contributed by atoms with Crippen LogP contribution in [0.15, 0.2) is 29.8 Å². The lowest BCUT2D eigenvalue weighted by Crippen LogP contribution is -2.57. The van der Waals surface area contributed by atoms with Crippen molar-refractivity contribution in [1.82, 2.24) is 20.5 Å². The fraction of sp³-hybridized carbons (Fsp3) is 0.581. The largest absolute Gasteiger partial charge is 0.481 e. The van der Waals surface area contributed by atoms with Crippen LogP contribution in [0.3, 0.4) is 0 Å². The lowest BCUT2D eigenvalue weighted by atomic mass is 9.85. The van der Waals surface area contributed by atoms with Gasteiger partial charge in [-0.1, -0.05) is 64.3 Å². The average molecular weight is 601 g/mol. The molecular formula is C31H44N4O6S. The molecule has 1 saturated heterocycles. The molecule has 42 heavy (non-hydrogen) atoms. The molecule has 1 aromatic heterocycles. The number of amides is 3. The number of likely N-dealkylation sites (tertiary alicyclic amines) is 1. The zero-order valence-electron chi connectivity index (χ0n) is 25.0. The number of rotatable bonds is 14. The number of benzene rings is 1. The Balaban J connectivity index is 1.55. The molecule has 1 aliphatic heterocycles. The number of nitrogens with zero attached hydrogens (tertiary/aromatic N) is 2. The number of aryl methyl sites for hydroxylation is 1. The summed E-state index contributed by atoms with van der Waals surface area (Å²) in [7, 11) is 0. The average Bonchev–Trinajstić information content (AvgIpc) is 3.54. The molecule has 1 fully saturated rings. The van der Waals surface area contributed by atoms with E-state index in [1.165, 1.54) is 4.90 Å². The number of carboxylic acid groups (broad SMARTS) is 1. The summed E-state index contributed by atoms with van der Waals surface area (Å²) in [5.41, 5.74) is 4.14. The van der Waals surface area contributed by atoms with E-state index in [-0.39, 0.29) is 50.1 Å². The first-order valence-corrected chi connectivity index (χ1v) is 15.5. The zero-order chi connectivity index (χ0) is 30.9. The van der Waals surface area contributed by atoms with Gasteiger partial charge in [-0.2, -0.15) is 0 Å². The van der Waals surface area contributed by atoms with Crippen LogP contribution in [0.5, 0.6) is 0 Å². The molecule has 0 spiro atoms. The summed E-state index contributed by atoms with van der Waals surface area (Å²) in [6, 6.07) is 6.19. The molecule has 3 rings (SSSR count). The Morgan fingerprint density at radius 3 is 2.29 bits per heavy atom. The first-order valence-electron chi connectivity index (χ1n) is 14.6. The van der Waals surface area contributed by atoms with Crippen LogP contribution in [0.1, 0.15) is 83.4 Å². The number of unbranched alkanes of at least 4 members (excludes halogenated alkanes) is 4. The minimum absolute atomic E-state index is 0.0264. The first kappa shape index (κ1) is 33.2. The van der Waals surface area contributed by atoms with Crippen LogP contribution in [-0.4, -0.2) is 68.5 Å². The van der Waals surface area contributed by atoms with E-state index in [0.29, 0.717) is 12.8 Å². The standard InChI is InChI=1S/C31H44N4O6S/c1-20-27(42-19-33-20)22-14-12-21(13-15-22)17-32-29(40)24-16-23(36)18-35(24)30(41)28(31(2,3)4)34-25(37)10-8-6-5-7-9-11-26(38)39/h12-15,19,23-24,28,36H,5-11,16-18H2,1-4H3,(H,32,40)(H,34,37)(H,38,39)/t23-,24+,28?/m1/s1. The highest BCUT2D eigenvalue weighted by Crippen LogP contribution is 2.28. The number of aliphatic hydroxyl groups is 1. The molecular weight excluding hydrogens is 556 g/mol. The van der Waals surface area contributed by atoms with Crippen molar-refractivity contribution in [2.24, 2.45) is 5.41 Å². The Morgan fingerprint density at radius 2 is 1.69 bits per heavy atom. The van der Waals surface area contributed by atoms with E-state index in [4.69, 9.17) is 5.11 Å². The van der Waals surface area contributed by atoms with Gasteiger partial charge in [-0.05, 0) is 36.3 Å². The van der Waals surface area contributed by atoms with Gasteiger partial charge < -0.3 is 25.7 Å². The summed E-state index contributed by atoms with van der Waals surface area (Å²) < 4.78 is 0. The second-order valence-electron chi connectivity index (χ2n) is 12.1. The van der Waals surface area contributed by atoms with Crippen molar-refractivity contribution < 1.29 is 29.4 Å². The first-order chi connectivity index (χ1) is 19.9. The van der Waals surface area contributed by atoms with E-state index in [0.717, 1.165) is 41.0 Å². The van der Waals surface area contributed by atoms with Crippen LogP contribution < -0.4 is 10.6 Å². The maximum atomic E-state index is 13.7. The summed E-state index contributed by atoms with van der Waals surface area (Å²) in [6.45, 7) is 7.85. The van der Waals surface area contributed by atoms with E-state index in [1.54, 1.807) is 11.3 Å². The Labute approximate surface area is 251 Å². The van der Waals surface area contributed by atoms with E-state index < -0.39 is 29.6 Å². The van der Waals surface area contributed by atoms with Crippen molar-refractivity contribution in [1.29, 1.82) is 0 Å². The normalized spacial score (nSPS) is 17.6. The number of carbonyl (C=O) groups excluding carboxylic acids is 3. The summed E-state index contributed by atoms with van der Waals surface area (Å²) in [4.78, 5) is 57.1. The highest BCUT2D eigenvalue weighted by Gasteiger charge is 2.44. The molecule has 1 unspecified atom stereocenters. The SMILES string of the molecule is Cc1ncsc1-c1ccc(CNC(=O)[C@@H]2C[C@@H](O)CN2C(=O)C(NC(=O)CCCCCCCC(=O)O)C(C)(C)C)cc1. The maximum Gasteiger partial charge on any atom is 0.303 e. The summed E-state index contributed by atoms with van der Waals surface area (Å²) in [6.07, 6.45) is 3.43. The number of carboxylic acids is 1. The highest BCUT2D eigenvalue weighted by atomic mass is 32.1. The number of hydrogen-bond acceptors (Lipinski definition) is 7. The Kier molecular flexibility index (Phi) is 12.0. The minimum Gasteiger partial charge on any atom is -0.481 e. The van der Waals surface area contributed by atoms with Gasteiger partial charge in [0.15, 0.2) is 0 Å². The predicted octanol–water partition coefficient (Wildman–Crippen LogP) is 4.04. The van der Waals surface area contributed by atoms with Crippen LogP contribution in [0.2, 0.25) is 0 Å². The van der Waals surface area contributed by atoms with Crippen LogP contribution >= 0.6 is 11.3 Å². The third kappa shape index (κ3) is 9.62. The molecule has 230 valence electrons. The molecule has 1 aromatic carbocycles. The molecule has 10 nitrogen and oxygen atoms in total. The zero-order valence-corrected chi connectivity index (χ0v) is 25.8. The molecule has 11 heteroatoms. The van der Waals surface area contributed by atoms with Crippen molar-refractivity contribution in [3.63, 3.8) is 0 Å². The van der Waals surface area contributed by atoms with E-state index in [9.17, 15) is 24.3 Å². The smallest absolute Gasteiger partial charge is 0.303 e. The molecule has 0 saturated carbocycles. The number of β-amino-alcohol motifs (C(OH)–C–C–N with tert-alkyl or cyclic N) is 1. The van der Waals surface area contributed by atoms with Gasteiger partial charge in [-0.3, -0.25) is 19.2 Å². The molecule has 1 aliphatic rings. The molecule has 0 aliphatic carbocycles. The molecule has 0 bridgehead atoms. The summed E-state index contributed by atoms with van der Waals surface area (Å²) in [5.74, 6) is -1.77. The minimum atomic E-state index is -0.857.